The summed E-state index contributed by atoms with van der Waals surface area (Å²) in [6.07, 6.45) is 2.38. The van der Waals surface area contributed by atoms with Crippen LogP contribution in [0.5, 0.6) is 0 Å². The van der Waals surface area contributed by atoms with E-state index in [4.69, 9.17) is 4.42 Å². The number of likely N-dealkylation sites (tertiary alicyclic amines) is 1. The first-order valence-corrected chi connectivity index (χ1v) is 9.66. The Hall–Kier alpha value is -1.30. The number of amides is 1. The average molecular weight is 442 g/mol. The van der Waals surface area contributed by atoms with Gasteiger partial charge in [-0.25, -0.2) is 0 Å². The lowest BCUT2D eigenvalue weighted by atomic mass is 9.97. The van der Waals surface area contributed by atoms with Gasteiger partial charge in [0.15, 0.2) is 0 Å². The van der Waals surface area contributed by atoms with Crippen LogP contribution in [0.15, 0.2) is 45.3 Å². The number of aryl methyl sites for hydroxylation is 1. The molecule has 1 aliphatic heterocycles. The van der Waals surface area contributed by atoms with E-state index in [2.05, 4.69) is 33.1 Å². The summed E-state index contributed by atoms with van der Waals surface area (Å²) in [6, 6.07) is 11.5. The van der Waals surface area contributed by atoms with E-state index < -0.39 is 0 Å². The van der Waals surface area contributed by atoms with Crippen LogP contribution in [0, 0.1) is 12.8 Å². The number of carbonyl (C=O) groups is 1. The Morgan fingerprint density at radius 1 is 1.23 bits per heavy atom. The summed E-state index contributed by atoms with van der Waals surface area (Å²) in [7, 11) is 0. The minimum Gasteiger partial charge on any atom is -0.465 e. The molecule has 0 spiro atoms. The van der Waals surface area contributed by atoms with Crippen LogP contribution in [0.3, 0.4) is 0 Å². The molecule has 4 nitrogen and oxygen atoms in total. The molecule has 0 radical (unpaired) electrons. The van der Waals surface area contributed by atoms with Crippen molar-refractivity contribution >= 4 is 34.2 Å². The zero-order chi connectivity index (χ0) is 17.8. The van der Waals surface area contributed by atoms with Crippen LogP contribution in [0.25, 0.3) is 0 Å². The molecule has 1 aromatic heterocycles. The molecule has 0 saturated carbocycles. The quantitative estimate of drug-likeness (QED) is 0.712. The van der Waals surface area contributed by atoms with Gasteiger partial charge in [-0.05, 0) is 75.2 Å². The van der Waals surface area contributed by atoms with Gasteiger partial charge >= 0.3 is 0 Å². The normalized spacial score (nSPS) is 16.7. The molecule has 1 aromatic carbocycles. The van der Waals surface area contributed by atoms with Crippen molar-refractivity contribution in [3.8, 4) is 0 Å². The molecule has 2 aromatic rings. The standard InChI is InChI=1S/C20H25BrN2O2.ClH/c1-14-9-11-23(12-10-14)18(19-8-3-15(2)25-19)13-22-20(24)16-4-6-17(21)7-5-16;/h3-8,14,18H,9-13H2,1-2H3,(H,22,24);1H. The Bertz CT molecular complexity index is 709. The van der Waals surface area contributed by atoms with Crippen LogP contribution >= 0.6 is 28.3 Å². The summed E-state index contributed by atoms with van der Waals surface area (Å²) in [5.74, 6) is 2.56. The summed E-state index contributed by atoms with van der Waals surface area (Å²) in [6.45, 7) is 6.90. The maximum atomic E-state index is 12.5. The number of halogens is 2. The lowest BCUT2D eigenvalue weighted by Gasteiger charge is -2.35. The molecule has 0 aliphatic carbocycles. The second kappa shape index (κ2) is 9.58. The molecule has 0 bridgehead atoms. The number of furan rings is 1. The van der Waals surface area contributed by atoms with Crippen LogP contribution in [0.1, 0.15) is 47.7 Å². The number of hydrogen-bond acceptors (Lipinski definition) is 3. The number of nitrogens with one attached hydrogen (secondary N) is 1. The van der Waals surface area contributed by atoms with Crippen LogP contribution < -0.4 is 5.32 Å². The van der Waals surface area contributed by atoms with Crippen LogP contribution in [0.2, 0.25) is 0 Å². The molecule has 1 atom stereocenters. The van der Waals surface area contributed by atoms with E-state index in [1.165, 1.54) is 12.8 Å². The summed E-state index contributed by atoms with van der Waals surface area (Å²) in [5, 5.41) is 3.08. The molecule has 26 heavy (non-hydrogen) atoms. The van der Waals surface area contributed by atoms with E-state index in [0.717, 1.165) is 35.0 Å². The highest BCUT2D eigenvalue weighted by molar-refractivity contribution is 9.10. The van der Waals surface area contributed by atoms with E-state index in [0.29, 0.717) is 12.1 Å². The zero-order valence-electron chi connectivity index (χ0n) is 15.2. The lowest BCUT2D eigenvalue weighted by molar-refractivity contribution is 0.0895. The third kappa shape index (κ3) is 5.35. The number of rotatable bonds is 5. The molecule has 1 N–H and O–H groups in total. The molecular formula is C20H26BrClN2O2. The average Bonchev–Trinajstić information content (AvgIpc) is 3.03. The topological polar surface area (TPSA) is 45.5 Å². The largest absolute Gasteiger partial charge is 0.465 e. The Balaban J connectivity index is 0.00000243. The minimum absolute atomic E-state index is 0. The fourth-order valence-electron chi connectivity index (χ4n) is 3.28. The summed E-state index contributed by atoms with van der Waals surface area (Å²) < 4.78 is 6.85. The van der Waals surface area contributed by atoms with E-state index in [1.807, 2.05) is 43.3 Å². The third-order valence-electron chi connectivity index (χ3n) is 4.91. The van der Waals surface area contributed by atoms with Gasteiger partial charge in [0.05, 0.1) is 6.04 Å². The summed E-state index contributed by atoms with van der Waals surface area (Å²) in [4.78, 5) is 14.9. The first kappa shape index (κ1) is 21.0. The Morgan fingerprint density at radius 2 is 1.88 bits per heavy atom. The predicted molar refractivity (Wildman–Crippen MR) is 110 cm³/mol. The van der Waals surface area contributed by atoms with Crippen LogP contribution in [0.4, 0.5) is 0 Å². The summed E-state index contributed by atoms with van der Waals surface area (Å²) in [5.41, 5.74) is 0.671. The zero-order valence-corrected chi connectivity index (χ0v) is 17.6. The van der Waals surface area contributed by atoms with E-state index in [9.17, 15) is 4.79 Å². The molecule has 1 aliphatic rings. The van der Waals surface area contributed by atoms with Gasteiger partial charge in [0.1, 0.15) is 11.5 Å². The Labute approximate surface area is 169 Å². The van der Waals surface area contributed by atoms with Crippen molar-refractivity contribution in [2.75, 3.05) is 19.6 Å². The molecule has 3 rings (SSSR count). The maximum Gasteiger partial charge on any atom is 0.251 e. The van der Waals surface area contributed by atoms with Crippen LogP contribution in [-0.2, 0) is 0 Å². The van der Waals surface area contributed by atoms with Gasteiger partial charge in [-0.2, -0.15) is 0 Å². The Kier molecular flexibility index (Phi) is 7.74. The minimum atomic E-state index is -0.0499. The van der Waals surface area contributed by atoms with Crippen molar-refractivity contribution in [1.29, 1.82) is 0 Å². The first-order chi connectivity index (χ1) is 12.0. The highest BCUT2D eigenvalue weighted by Gasteiger charge is 2.27. The monoisotopic (exact) mass is 440 g/mol. The van der Waals surface area contributed by atoms with Crippen molar-refractivity contribution in [1.82, 2.24) is 10.2 Å². The molecule has 2 heterocycles. The highest BCUT2D eigenvalue weighted by Crippen LogP contribution is 2.27. The fraction of sp³-hybridized carbons (Fsp3) is 0.450. The van der Waals surface area contributed by atoms with Gasteiger partial charge in [-0.3, -0.25) is 9.69 Å². The molecule has 1 amide bonds. The van der Waals surface area contributed by atoms with Crippen molar-refractivity contribution in [3.63, 3.8) is 0 Å². The number of nitrogens with zero attached hydrogens (tertiary/aromatic N) is 1. The van der Waals surface area contributed by atoms with Gasteiger partial charge in [-0.1, -0.05) is 22.9 Å². The molecule has 1 saturated heterocycles. The number of hydrogen-bond donors (Lipinski definition) is 1. The fourth-order valence-corrected chi connectivity index (χ4v) is 3.54. The second-order valence-electron chi connectivity index (χ2n) is 6.90. The van der Waals surface area contributed by atoms with Crippen molar-refractivity contribution in [3.05, 3.63) is 58.0 Å². The highest BCUT2D eigenvalue weighted by atomic mass is 79.9. The summed E-state index contributed by atoms with van der Waals surface area (Å²) >= 11 is 3.40. The molecule has 1 fully saturated rings. The first-order valence-electron chi connectivity index (χ1n) is 8.87. The second-order valence-corrected chi connectivity index (χ2v) is 7.82. The molecule has 6 heteroatoms. The van der Waals surface area contributed by atoms with Gasteiger partial charge in [-0.15, -0.1) is 12.4 Å². The van der Waals surface area contributed by atoms with E-state index in [-0.39, 0.29) is 24.4 Å². The van der Waals surface area contributed by atoms with Gasteiger partial charge in [0, 0.05) is 16.6 Å². The number of piperidine rings is 1. The maximum absolute atomic E-state index is 12.5. The Morgan fingerprint density at radius 3 is 2.46 bits per heavy atom. The van der Waals surface area contributed by atoms with Gasteiger partial charge < -0.3 is 9.73 Å². The SMILES string of the molecule is Cc1ccc(C(CNC(=O)c2ccc(Br)cc2)N2CCC(C)CC2)o1.Cl. The lowest BCUT2D eigenvalue weighted by Crippen LogP contribution is -2.41. The smallest absolute Gasteiger partial charge is 0.251 e. The van der Waals surface area contributed by atoms with Crippen LogP contribution in [-0.4, -0.2) is 30.4 Å². The van der Waals surface area contributed by atoms with Gasteiger partial charge in [0.25, 0.3) is 5.91 Å². The van der Waals surface area contributed by atoms with Crippen molar-refractivity contribution < 1.29 is 9.21 Å². The number of carbonyl (C=O) groups excluding carboxylic acids is 1. The van der Waals surface area contributed by atoms with E-state index >= 15 is 0 Å². The molecular weight excluding hydrogens is 416 g/mol. The predicted octanol–water partition coefficient (Wildman–Crippen LogP) is 4.98. The van der Waals surface area contributed by atoms with Crippen molar-refractivity contribution in [2.24, 2.45) is 5.92 Å². The third-order valence-corrected chi connectivity index (χ3v) is 5.44. The van der Waals surface area contributed by atoms with Gasteiger partial charge in [0.2, 0.25) is 0 Å². The number of benzene rings is 1. The molecule has 142 valence electrons. The van der Waals surface area contributed by atoms with Crippen molar-refractivity contribution in [2.45, 2.75) is 32.7 Å². The van der Waals surface area contributed by atoms with E-state index in [1.54, 1.807) is 0 Å². The molecule has 1 unspecified atom stereocenters.